The van der Waals surface area contributed by atoms with Crippen molar-refractivity contribution in [2.45, 2.75) is 19.0 Å². The Morgan fingerprint density at radius 1 is 1.15 bits per heavy atom. The van der Waals surface area contributed by atoms with Gasteiger partial charge in [0.05, 0.1) is 11.4 Å². The highest BCUT2D eigenvalue weighted by Crippen LogP contribution is 2.29. The topological polar surface area (TPSA) is 67.8 Å². The number of alkyl halides is 3. The molecule has 0 aromatic heterocycles. The lowest BCUT2D eigenvalue weighted by molar-refractivity contribution is -0.0429. The molecule has 0 aliphatic heterocycles. The Morgan fingerprint density at radius 3 is 2.44 bits per heavy atom. The molecule has 146 valence electrons. The third-order valence-corrected chi connectivity index (χ3v) is 4.81. The zero-order chi connectivity index (χ0) is 20.2. The summed E-state index contributed by atoms with van der Waals surface area (Å²) < 4.78 is 62.0. The fourth-order valence-electron chi connectivity index (χ4n) is 1.99. The summed E-state index contributed by atoms with van der Waals surface area (Å²) in [6.07, 6.45) is 0. The number of anilines is 1. The number of hydrogen-bond donors (Lipinski definition) is 1. The van der Waals surface area contributed by atoms with Gasteiger partial charge in [0.2, 0.25) is 0 Å². The van der Waals surface area contributed by atoms with Gasteiger partial charge in [0, 0.05) is 15.6 Å². The summed E-state index contributed by atoms with van der Waals surface area (Å²) in [6, 6.07) is 10.4. The minimum absolute atomic E-state index is 0.0430. The molecule has 0 saturated heterocycles. The van der Waals surface area contributed by atoms with Gasteiger partial charge in [-0.25, -0.2) is 0 Å². The molecule has 0 amide bonds. The fraction of sp³-hybridized carbons (Fsp3) is 0.188. The van der Waals surface area contributed by atoms with Crippen LogP contribution in [0.2, 0.25) is 10.0 Å². The number of nitrogens with zero attached hydrogens (tertiary/aromatic N) is 1. The van der Waals surface area contributed by atoms with Gasteiger partial charge in [-0.15, -0.1) is 0 Å². The number of halogens is 5. The van der Waals surface area contributed by atoms with E-state index in [9.17, 15) is 21.6 Å². The first-order valence-corrected chi connectivity index (χ1v) is 9.53. The molecule has 11 heteroatoms. The molecule has 5 nitrogen and oxygen atoms in total. The molecule has 0 saturated carbocycles. The Labute approximate surface area is 163 Å². The minimum Gasteiger partial charge on any atom is -0.391 e. The predicted molar refractivity (Wildman–Crippen MR) is 98.5 cm³/mol. The maximum atomic E-state index is 12.6. The van der Waals surface area contributed by atoms with Crippen LogP contribution in [-0.2, 0) is 21.5 Å². The molecule has 2 rings (SSSR count). The molecule has 2 aromatic carbocycles. The van der Waals surface area contributed by atoms with E-state index in [1.807, 2.05) is 0 Å². The quantitative estimate of drug-likeness (QED) is 0.495. The summed E-state index contributed by atoms with van der Waals surface area (Å²) in [4.78, 5) is 5.17. The van der Waals surface area contributed by atoms with Crippen LogP contribution in [0.15, 0.2) is 47.6 Å². The Bertz CT molecular complexity index is 964. The van der Waals surface area contributed by atoms with Crippen LogP contribution in [0.5, 0.6) is 0 Å². The second-order valence-electron chi connectivity index (χ2n) is 5.32. The molecule has 0 unspecified atom stereocenters. The van der Waals surface area contributed by atoms with Crippen LogP contribution < -0.4 is 4.72 Å². The molecule has 0 radical (unpaired) electrons. The second kappa shape index (κ2) is 8.37. The first-order chi connectivity index (χ1) is 12.5. The zero-order valence-corrected chi connectivity index (χ0v) is 16.0. The van der Waals surface area contributed by atoms with Crippen molar-refractivity contribution >= 4 is 44.6 Å². The molecule has 0 aliphatic carbocycles. The van der Waals surface area contributed by atoms with Crippen LogP contribution in [0.3, 0.4) is 0 Å². The van der Waals surface area contributed by atoms with Gasteiger partial charge < -0.3 is 4.84 Å². The molecule has 0 fully saturated rings. The number of rotatable bonds is 6. The molecular formula is C16H13Cl2F3N2O3S. The Kier molecular flexibility index (Phi) is 6.61. The summed E-state index contributed by atoms with van der Waals surface area (Å²) in [5.74, 6) is 0. The average Bonchev–Trinajstić information content (AvgIpc) is 2.55. The molecule has 2 aromatic rings. The van der Waals surface area contributed by atoms with Gasteiger partial charge in [-0.2, -0.15) is 21.6 Å². The third kappa shape index (κ3) is 5.75. The average molecular weight is 441 g/mol. The van der Waals surface area contributed by atoms with Crippen LogP contribution >= 0.6 is 23.2 Å². The fourth-order valence-corrected chi connectivity index (χ4v) is 2.96. The van der Waals surface area contributed by atoms with Gasteiger partial charge in [0.15, 0.2) is 0 Å². The number of hydrogen-bond acceptors (Lipinski definition) is 4. The van der Waals surface area contributed by atoms with E-state index in [-0.39, 0.29) is 28.6 Å². The number of oxime groups is 1. The largest absolute Gasteiger partial charge is 0.516 e. The second-order valence-corrected chi connectivity index (χ2v) is 7.87. The normalized spacial score (nSPS) is 12.7. The maximum absolute atomic E-state index is 12.6. The maximum Gasteiger partial charge on any atom is 0.516 e. The Morgan fingerprint density at radius 2 is 1.81 bits per heavy atom. The lowest BCUT2D eigenvalue weighted by Crippen LogP contribution is -2.30. The molecule has 27 heavy (non-hydrogen) atoms. The molecule has 1 N–H and O–H groups in total. The van der Waals surface area contributed by atoms with Gasteiger partial charge >= 0.3 is 15.5 Å². The molecule has 0 spiro atoms. The monoisotopic (exact) mass is 440 g/mol. The summed E-state index contributed by atoms with van der Waals surface area (Å²) in [7, 11) is -5.59. The lowest BCUT2D eigenvalue weighted by atomic mass is 10.1. The molecule has 0 bridgehead atoms. The highest BCUT2D eigenvalue weighted by Gasteiger charge is 2.46. The van der Waals surface area contributed by atoms with Crippen molar-refractivity contribution in [2.75, 3.05) is 4.72 Å². The summed E-state index contributed by atoms with van der Waals surface area (Å²) in [6.45, 7) is 1.50. The van der Waals surface area contributed by atoms with Crippen LogP contribution in [0, 0.1) is 0 Å². The van der Waals surface area contributed by atoms with Crippen molar-refractivity contribution in [3.05, 3.63) is 63.6 Å². The zero-order valence-electron chi connectivity index (χ0n) is 13.7. The standard InChI is InChI=1S/C16H13Cl2F3N2O3S/c1-10(22-26-9-11-3-2-4-12(17)7-11)14-8-13(18)5-6-15(14)23-27(24,25)16(19,20)21/h2-8,23H,9H2,1H3/b22-10+. The third-order valence-electron chi connectivity index (χ3n) is 3.24. The molecular weight excluding hydrogens is 428 g/mol. The van der Waals surface area contributed by atoms with E-state index < -0.39 is 15.5 Å². The number of nitrogens with one attached hydrogen (secondary N) is 1. The molecule has 0 aliphatic rings. The van der Waals surface area contributed by atoms with E-state index in [0.717, 1.165) is 11.6 Å². The van der Waals surface area contributed by atoms with E-state index >= 15 is 0 Å². The highest BCUT2D eigenvalue weighted by atomic mass is 35.5. The first-order valence-electron chi connectivity index (χ1n) is 7.29. The van der Waals surface area contributed by atoms with E-state index in [2.05, 4.69) is 5.16 Å². The van der Waals surface area contributed by atoms with Crippen molar-refractivity contribution < 1.29 is 26.4 Å². The van der Waals surface area contributed by atoms with Crippen LogP contribution in [0.1, 0.15) is 18.1 Å². The molecule has 0 atom stereocenters. The van der Waals surface area contributed by atoms with Crippen molar-refractivity contribution in [3.63, 3.8) is 0 Å². The van der Waals surface area contributed by atoms with Crippen molar-refractivity contribution in [1.82, 2.24) is 0 Å². The summed E-state index contributed by atoms with van der Waals surface area (Å²) >= 11 is 11.7. The van der Waals surface area contributed by atoms with Crippen LogP contribution in [0.4, 0.5) is 18.9 Å². The molecule has 0 heterocycles. The Hall–Kier alpha value is -1.97. The van der Waals surface area contributed by atoms with Gasteiger partial charge in [0.25, 0.3) is 0 Å². The Balaban J connectivity index is 2.24. The van der Waals surface area contributed by atoms with Gasteiger partial charge in [-0.1, -0.05) is 40.5 Å². The number of benzene rings is 2. The first kappa shape index (κ1) is 21.3. The van der Waals surface area contributed by atoms with Crippen molar-refractivity contribution in [1.29, 1.82) is 0 Å². The number of sulfonamides is 1. The summed E-state index contributed by atoms with van der Waals surface area (Å²) in [5.41, 5.74) is -4.90. The van der Waals surface area contributed by atoms with Crippen LogP contribution in [0.25, 0.3) is 0 Å². The van der Waals surface area contributed by atoms with Crippen LogP contribution in [-0.4, -0.2) is 19.6 Å². The van der Waals surface area contributed by atoms with Crippen molar-refractivity contribution in [2.24, 2.45) is 5.16 Å². The lowest BCUT2D eigenvalue weighted by Gasteiger charge is -2.14. The van der Waals surface area contributed by atoms with Gasteiger partial charge in [-0.05, 0) is 42.8 Å². The van der Waals surface area contributed by atoms with Crippen molar-refractivity contribution in [3.8, 4) is 0 Å². The van der Waals surface area contributed by atoms with E-state index in [1.165, 1.54) is 23.8 Å². The minimum atomic E-state index is -5.59. The predicted octanol–water partition coefficient (Wildman–Crippen LogP) is 5.20. The van der Waals surface area contributed by atoms with E-state index in [4.69, 9.17) is 28.0 Å². The van der Waals surface area contributed by atoms with Gasteiger partial charge in [-0.3, -0.25) is 4.72 Å². The smallest absolute Gasteiger partial charge is 0.391 e. The SMILES string of the molecule is C/C(=N\OCc1cccc(Cl)c1)c1cc(Cl)ccc1NS(=O)(=O)C(F)(F)F. The van der Waals surface area contributed by atoms with Gasteiger partial charge in [0.1, 0.15) is 6.61 Å². The highest BCUT2D eigenvalue weighted by molar-refractivity contribution is 7.93. The summed E-state index contributed by atoms with van der Waals surface area (Å²) in [5, 5.41) is 4.51. The van der Waals surface area contributed by atoms with E-state index in [1.54, 1.807) is 24.3 Å². The van der Waals surface area contributed by atoms with E-state index in [0.29, 0.717) is 5.02 Å².